The van der Waals surface area contributed by atoms with Crippen molar-refractivity contribution >= 4 is 29.5 Å². The first-order valence-corrected chi connectivity index (χ1v) is 15.7. The summed E-state index contributed by atoms with van der Waals surface area (Å²) < 4.78 is 4.78. The Morgan fingerprint density at radius 2 is 1.88 bits per heavy atom. The second-order valence-electron chi connectivity index (χ2n) is 12.3. The van der Waals surface area contributed by atoms with Gasteiger partial charge in [-0.1, -0.05) is 32.9 Å². The molecule has 1 spiro atoms. The number of amides is 3. The van der Waals surface area contributed by atoms with E-state index >= 15 is 0 Å². The van der Waals surface area contributed by atoms with Crippen LogP contribution in [0.5, 0.6) is 0 Å². The zero-order chi connectivity index (χ0) is 29.2. The van der Waals surface area contributed by atoms with Gasteiger partial charge in [-0.25, -0.2) is 0 Å². The van der Waals surface area contributed by atoms with E-state index < -0.39 is 28.7 Å². The molecule has 10 heteroatoms. The number of carbonyl (C=O) groups excluding carboxylic acids is 3. The minimum Gasteiger partial charge on any atom is -0.394 e. The fourth-order valence-electron chi connectivity index (χ4n) is 7.48. The average molecular weight is 577 g/mol. The number of fused-ring (bicyclic) bond motifs is 1. The van der Waals surface area contributed by atoms with Crippen LogP contribution >= 0.6 is 11.8 Å². The zero-order valence-corrected chi connectivity index (χ0v) is 25.5. The maximum Gasteiger partial charge on any atom is 0.247 e. The largest absolute Gasteiger partial charge is 0.394 e. The van der Waals surface area contributed by atoms with Gasteiger partial charge in [0.25, 0.3) is 0 Å². The summed E-state index contributed by atoms with van der Waals surface area (Å²) in [6.45, 7) is 18.8. The first-order valence-electron chi connectivity index (χ1n) is 14.8. The number of aliphatic hydroxyl groups excluding tert-OH is 1. The molecule has 0 aromatic carbocycles. The molecule has 0 saturated carbocycles. The second kappa shape index (κ2) is 13.0. The fourth-order valence-corrected chi connectivity index (χ4v) is 9.88. The minimum atomic E-state index is -0.738. The van der Waals surface area contributed by atoms with E-state index in [2.05, 4.69) is 38.8 Å². The van der Waals surface area contributed by atoms with Crippen LogP contribution in [-0.2, 0) is 19.1 Å². The molecule has 3 unspecified atom stereocenters. The number of carbonyl (C=O) groups is 3. The summed E-state index contributed by atoms with van der Waals surface area (Å²) in [6, 6.07) is -1.22. The number of thioether (sulfide) groups is 1. The Hall–Kier alpha value is -1.88. The molecule has 0 aromatic rings. The van der Waals surface area contributed by atoms with Gasteiger partial charge < -0.3 is 24.5 Å². The highest BCUT2D eigenvalue weighted by Crippen LogP contribution is 2.69. The van der Waals surface area contributed by atoms with E-state index in [1.165, 1.54) is 0 Å². The van der Waals surface area contributed by atoms with Crippen LogP contribution in [0.25, 0.3) is 0 Å². The van der Waals surface area contributed by atoms with Gasteiger partial charge in [0.05, 0.1) is 42.4 Å². The first-order chi connectivity index (χ1) is 19.1. The molecule has 4 rings (SSSR count). The lowest BCUT2D eigenvalue weighted by Gasteiger charge is -2.42. The zero-order valence-electron chi connectivity index (χ0n) is 24.7. The van der Waals surface area contributed by atoms with Crippen LogP contribution in [-0.4, -0.2) is 131 Å². The minimum absolute atomic E-state index is 0.0138. The van der Waals surface area contributed by atoms with Crippen molar-refractivity contribution in [2.24, 2.45) is 23.7 Å². The number of likely N-dealkylation sites (tertiary alicyclic amines) is 1. The number of morpholine rings is 1. The summed E-state index contributed by atoms with van der Waals surface area (Å²) in [7, 11) is 1.75. The average Bonchev–Trinajstić information content (AvgIpc) is 3.53. The number of hydrogen-bond donors (Lipinski definition) is 1. The standard InChI is InChI=1S/C30H48N4O5S/c1-7-9-31(6)27(36)24-23-18-21(5)30(40-23)25(24)28(37)34(22(19-35)17-20(3)4)26(30)29(38)33(10-8-2)12-11-32-13-15-39-16-14-32/h7-8,20-26,35H,1-2,9-19H2,3-6H3/t21?,22-,23-,24+,25+,26?,30?/m1/s1. The van der Waals surface area contributed by atoms with Crippen molar-refractivity contribution in [3.8, 4) is 0 Å². The summed E-state index contributed by atoms with van der Waals surface area (Å²) in [6.07, 6.45) is 4.80. The van der Waals surface area contributed by atoms with Crippen molar-refractivity contribution < 1.29 is 24.2 Å². The lowest BCUT2D eigenvalue weighted by atomic mass is 9.65. The normalized spacial score (nSPS) is 32.3. The van der Waals surface area contributed by atoms with Crippen molar-refractivity contribution in [3.63, 3.8) is 0 Å². The topological polar surface area (TPSA) is 93.6 Å². The second-order valence-corrected chi connectivity index (χ2v) is 13.8. The highest BCUT2D eigenvalue weighted by atomic mass is 32.2. The van der Waals surface area contributed by atoms with Gasteiger partial charge in [-0.15, -0.1) is 24.9 Å². The van der Waals surface area contributed by atoms with Crippen molar-refractivity contribution in [3.05, 3.63) is 25.3 Å². The Bertz CT molecular complexity index is 972. The van der Waals surface area contributed by atoms with E-state index in [0.29, 0.717) is 45.8 Å². The molecule has 40 heavy (non-hydrogen) atoms. The highest BCUT2D eigenvalue weighted by Gasteiger charge is 2.76. The first kappa shape index (κ1) is 31.1. The molecule has 4 saturated heterocycles. The van der Waals surface area contributed by atoms with E-state index in [1.807, 2.05) is 4.90 Å². The molecule has 0 aromatic heterocycles. The lowest BCUT2D eigenvalue weighted by Crippen LogP contribution is -2.60. The molecular formula is C30H48N4O5S. The number of aliphatic hydroxyl groups is 1. The maximum atomic E-state index is 14.7. The van der Waals surface area contributed by atoms with Crippen molar-refractivity contribution in [1.29, 1.82) is 0 Å². The Balaban J connectivity index is 1.73. The van der Waals surface area contributed by atoms with Gasteiger partial charge in [-0.2, -0.15) is 0 Å². The van der Waals surface area contributed by atoms with E-state index in [-0.39, 0.29) is 41.4 Å². The molecule has 4 aliphatic rings. The van der Waals surface area contributed by atoms with Crippen molar-refractivity contribution in [1.82, 2.24) is 19.6 Å². The maximum absolute atomic E-state index is 14.7. The molecule has 3 amide bonds. The van der Waals surface area contributed by atoms with Crippen LogP contribution in [0.4, 0.5) is 0 Å². The summed E-state index contributed by atoms with van der Waals surface area (Å²) in [5, 5.41) is 10.5. The van der Waals surface area contributed by atoms with Crippen LogP contribution in [0.1, 0.15) is 33.6 Å². The number of nitrogens with zero attached hydrogens (tertiary/aromatic N) is 4. The Morgan fingerprint density at radius 3 is 2.48 bits per heavy atom. The Labute approximate surface area is 243 Å². The number of ether oxygens (including phenoxy) is 1. The van der Waals surface area contributed by atoms with Gasteiger partial charge in [0.2, 0.25) is 17.7 Å². The van der Waals surface area contributed by atoms with Crippen LogP contribution in [0.2, 0.25) is 0 Å². The van der Waals surface area contributed by atoms with E-state index in [0.717, 1.165) is 19.5 Å². The van der Waals surface area contributed by atoms with Gasteiger partial charge in [0.15, 0.2) is 0 Å². The molecule has 4 aliphatic heterocycles. The Morgan fingerprint density at radius 1 is 1.20 bits per heavy atom. The van der Waals surface area contributed by atoms with Crippen LogP contribution in [0.15, 0.2) is 25.3 Å². The summed E-state index contributed by atoms with van der Waals surface area (Å²) in [5.74, 6) is -1.09. The summed E-state index contributed by atoms with van der Waals surface area (Å²) in [5.41, 5.74) is 0. The predicted octanol–water partition coefficient (Wildman–Crippen LogP) is 1.72. The summed E-state index contributed by atoms with van der Waals surface area (Å²) in [4.78, 5) is 50.4. The van der Waals surface area contributed by atoms with Gasteiger partial charge in [0, 0.05) is 51.6 Å². The molecule has 4 fully saturated rings. The number of rotatable bonds is 13. The molecule has 9 nitrogen and oxygen atoms in total. The van der Waals surface area contributed by atoms with Gasteiger partial charge >= 0.3 is 0 Å². The smallest absolute Gasteiger partial charge is 0.247 e. The van der Waals surface area contributed by atoms with Crippen LogP contribution < -0.4 is 0 Å². The molecule has 7 atom stereocenters. The summed E-state index contributed by atoms with van der Waals surface area (Å²) >= 11 is 1.68. The van der Waals surface area contributed by atoms with Gasteiger partial charge in [-0.05, 0) is 24.7 Å². The Kier molecular flexibility index (Phi) is 10.1. The van der Waals surface area contributed by atoms with E-state index in [4.69, 9.17) is 4.74 Å². The number of hydrogen-bond acceptors (Lipinski definition) is 7. The SMILES string of the molecule is C=CCN(C)C(=O)[C@@H]1[C@H]2C(=O)N([C@@H](CO)CC(C)C)C(C(=O)N(CC=C)CCN3CCOCC3)C23S[C@@H]1CC3C. The third kappa shape index (κ3) is 5.49. The third-order valence-corrected chi connectivity index (χ3v) is 11.4. The van der Waals surface area contributed by atoms with Gasteiger partial charge in [0.1, 0.15) is 6.04 Å². The molecular weight excluding hydrogens is 528 g/mol. The molecule has 0 aliphatic carbocycles. The lowest BCUT2D eigenvalue weighted by molar-refractivity contribution is -0.147. The van der Waals surface area contributed by atoms with Crippen molar-refractivity contribution in [2.45, 2.75) is 55.7 Å². The number of likely N-dealkylation sites (N-methyl/N-ethyl adjacent to an activating group) is 1. The molecule has 224 valence electrons. The molecule has 2 bridgehead atoms. The molecule has 1 N–H and O–H groups in total. The van der Waals surface area contributed by atoms with Crippen molar-refractivity contribution in [2.75, 3.05) is 66.1 Å². The third-order valence-electron chi connectivity index (χ3n) is 9.28. The highest BCUT2D eigenvalue weighted by molar-refractivity contribution is 8.02. The molecule has 4 heterocycles. The molecule has 0 radical (unpaired) electrons. The fraction of sp³-hybridized carbons (Fsp3) is 0.767. The van der Waals surface area contributed by atoms with E-state index in [1.54, 1.807) is 40.8 Å². The monoisotopic (exact) mass is 576 g/mol. The predicted molar refractivity (Wildman–Crippen MR) is 158 cm³/mol. The van der Waals surface area contributed by atoms with E-state index in [9.17, 15) is 19.5 Å². The van der Waals surface area contributed by atoms with Crippen LogP contribution in [0, 0.1) is 23.7 Å². The quantitative estimate of drug-likeness (QED) is 0.334. The van der Waals surface area contributed by atoms with Crippen LogP contribution in [0.3, 0.4) is 0 Å². The van der Waals surface area contributed by atoms with Gasteiger partial charge in [-0.3, -0.25) is 19.3 Å².